The van der Waals surface area contributed by atoms with Crippen LogP contribution in [-0.2, 0) is 0 Å². The van der Waals surface area contributed by atoms with Gasteiger partial charge in [0.25, 0.3) is 11.6 Å². The Hall–Kier alpha value is -1.83. The van der Waals surface area contributed by atoms with Gasteiger partial charge in [-0.2, -0.15) is 0 Å². The van der Waals surface area contributed by atoms with E-state index in [0.29, 0.717) is 16.5 Å². The fourth-order valence-electron chi connectivity index (χ4n) is 1.56. The highest BCUT2D eigenvalue weighted by Crippen LogP contribution is 2.35. The zero-order valence-corrected chi connectivity index (χ0v) is 12.9. The Morgan fingerprint density at radius 2 is 2.10 bits per heavy atom. The lowest BCUT2D eigenvalue weighted by molar-refractivity contribution is -0.384. The maximum absolute atomic E-state index is 12.1. The second-order valence-electron chi connectivity index (χ2n) is 3.83. The van der Waals surface area contributed by atoms with Gasteiger partial charge in [-0.05, 0) is 18.2 Å². The van der Waals surface area contributed by atoms with Crippen molar-refractivity contribution in [3.63, 3.8) is 0 Å². The second-order valence-corrected chi connectivity index (χ2v) is 5.92. The molecule has 6 nitrogen and oxygen atoms in total. The van der Waals surface area contributed by atoms with Crippen molar-refractivity contribution < 1.29 is 14.5 Å². The standard InChI is InChI=1S/C12H8Cl2N2O4S/c1-20-9-3-2-6(13)4-7(9)15-12(17)10-5-8(16(18)19)11(14)21-10/h2-5H,1H3,(H,15,17). The molecule has 0 aliphatic heterocycles. The number of hydrogen-bond donors (Lipinski definition) is 1. The molecule has 1 heterocycles. The number of ether oxygens (including phenoxy) is 1. The first-order valence-corrected chi connectivity index (χ1v) is 7.08. The Morgan fingerprint density at radius 1 is 1.38 bits per heavy atom. The minimum Gasteiger partial charge on any atom is -0.495 e. The lowest BCUT2D eigenvalue weighted by Crippen LogP contribution is -2.11. The molecule has 0 radical (unpaired) electrons. The summed E-state index contributed by atoms with van der Waals surface area (Å²) in [5.41, 5.74) is 0.0621. The molecule has 9 heteroatoms. The van der Waals surface area contributed by atoms with Crippen molar-refractivity contribution in [1.82, 2.24) is 0 Å². The summed E-state index contributed by atoms with van der Waals surface area (Å²) >= 11 is 12.4. The summed E-state index contributed by atoms with van der Waals surface area (Å²) in [5, 5.41) is 13.7. The maximum atomic E-state index is 12.1. The smallest absolute Gasteiger partial charge is 0.299 e. The molecule has 0 unspecified atom stereocenters. The largest absolute Gasteiger partial charge is 0.495 e. The van der Waals surface area contributed by atoms with Gasteiger partial charge in [0.1, 0.15) is 10.6 Å². The molecule has 0 spiro atoms. The summed E-state index contributed by atoms with van der Waals surface area (Å²) < 4.78 is 5.05. The van der Waals surface area contributed by atoms with Crippen molar-refractivity contribution >= 4 is 51.8 Å². The highest BCUT2D eigenvalue weighted by molar-refractivity contribution is 7.18. The van der Waals surface area contributed by atoms with E-state index in [1.54, 1.807) is 12.1 Å². The van der Waals surface area contributed by atoms with Gasteiger partial charge in [0, 0.05) is 11.1 Å². The molecule has 2 aromatic rings. The summed E-state index contributed by atoms with van der Waals surface area (Å²) in [7, 11) is 1.45. The number of anilines is 1. The number of carbonyl (C=O) groups is 1. The summed E-state index contributed by atoms with van der Waals surface area (Å²) in [6, 6.07) is 5.85. The number of amides is 1. The first-order chi connectivity index (χ1) is 9.92. The third-order valence-corrected chi connectivity index (χ3v) is 4.07. The van der Waals surface area contributed by atoms with Crippen LogP contribution in [0.2, 0.25) is 9.36 Å². The number of carbonyl (C=O) groups excluding carboxylic acids is 1. The molecule has 21 heavy (non-hydrogen) atoms. The number of halogens is 2. The van der Waals surface area contributed by atoms with Gasteiger partial charge in [-0.15, -0.1) is 11.3 Å². The third-order valence-electron chi connectivity index (χ3n) is 2.50. The number of benzene rings is 1. The highest BCUT2D eigenvalue weighted by atomic mass is 35.5. The highest BCUT2D eigenvalue weighted by Gasteiger charge is 2.21. The van der Waals surface area contributed by atoms with Crippen LogP contribution in [0.4, 0.5) is 11.4 Å². The van der Waals surface area contributed by atoms with Crippen LogP contribution in [0, 0.1) is 10.1 Å². The van der Waals surface area contributed by atoms with E-state index >= 15 is 0 Å². The van der Waals surface area contributed by atoms with Crippen LogP contribution in [0.1, 0.15) is 9.67 Å². The SMILES string of the molecule is COc1ccc(Cl)cc1NC(=O)c1cc([N+](=O)[O-])c(Cl)s1. The van der Waals surface area contributed by atoms with E-state index in [1.807, 2.05) is 0 Å². The molecule has 0 atom stereocenters. The molecule has 1 aromatic carbocycles. The van der Waals surface area contributed by atoms with Crippen molar-refractivity contribution in [2.45, 2.75) is 0 Å². The van der Waals surface area contributed by atoms with Gasteiger partial charge in [-0.3, -0.25) is 14.9 Å². The fourth-order valence-corrected chi connectivity index (χ4v) is 2.85. The van der Waals surface area contributed by atoms with E-state index in [2.05, 4.69) is 5.32 Å². The predicted molar refractivity (Wildman–Crippen MR) is 81.9 cm³/mol. The molecule has 0 saturated heterocycles. The Morgan fingerprint density at radius 3 is 2.67 bits per heavy atom. The van der Waals surface area contributed by atoms with E-state index in [4.69, 9.17) is 27.9 Å². The maximum Gasteiger partial charge on any atom is 0.299 e. The molecule has 0 saturated carbocycles. The van der Waals surface area contributed by atoms with Crippen LogP contribution in [0.15, 0.2) is 24.3 Å². The van der Waals surface area contributed by atoms with Crippen LogP contribution >= 0.6 is 34.5 Å². The number of rotatable bonds is 4. The number of nitrogens with zero attached hydrogens (tertiary/aromatic N) is 1. The Kier molecular flexibility index (Phi) is 4.66. The normalized spacial score (nSPS) is 10.2. The number of methoxy groups -OCH3 is 1. The van der Waals surface area contributed by atoms with Crippen LogP contribution in [0.25, 0.3) is 0 Å². The van der Waals surface area contributed by atoms with E-state index in [1.165, 1.54) is 13.2 Å². The number of hydrogen-bond acceptors (Lipinski definition) is 5. The van der Waals surface area contributed by atoms with Crippen molar-refractivity contribution in [3.8, 4) is 5.75 Å². The molecule has 0 aliphatic carbocycles. The van der Waals surface area contributed by atoms with Gasteiger partial charge < -0.3 is 10.1 Å². The van der Waals surface area contributed by atoms with E-state index in [0.717, 1.165) is 17.4 Å². The van der Waals surface area contributed by atoms with Gasteiger partial charge in [0.2, 0.25) is 0 Å². The topological polar surface area (TPSA) is 81.5 Å². The van der Waals surface area contributed by atoms with Crippen LogP contribution < -0.4 is 10.1 Å². The molecule has 1 N–H and O–H groups in total. The first kappa shape index (κ1) is 15.6. The molecule has 1 amide bonds. The Bertz CT molecular complexity index is 717. The molecule has 0 fully saturated rings. The summed E-state index contributed by atoms with van der Waals surface area (Å²) in [6.07, 6.45) is 0. The average Bonchev–Trinajstić information content (AvgIpc) is 2.81. The third kappa shape index (κ3) is 3.44. The van der Waals surface area contributed by atoms with Gasteiger partial charge in [0.05, 0.1) is 17.7 Å². The molecule has 0 bridgehead atoms. The quantitative estimate of drug-likeness (QED) is 0.663. The average molecular weight is 347 g/mol. The van der Waals surface area contributed by atoms with Crippen LogP contribution in [-0.4, -0.2) is 17.9 Å². The molecular weight excluding hydrogens is 339 g/mol. The van der Waals surface area contributed by atoms with Crippen molar-refractivity contribution in [2.75, 3.05) is 12.4 Å². The lowest BCUT2D eigenvalue weighted by Gasteiger charge is -2.09. The summed E-state index contributed by atoms with van der Waals surface area (Å²) in [4.78, 5) is 22.3. The Labute approximate surface area is 133 Å². The van der Waals surface area contributed by atoms with Gasteiger partial charge in [0.15, 0.2) is 4.34 Å². The number of thiophene rings is 1. The van der Waals surface area contributed by atoms with Crippen molar-refractivity contribution in [2.24, 2.45) is 0 Å². The zero-order chi connectivity index (χ0) is 15.6. The van der Waals surface area contributed by atoms with Crippen LogP contribution in [0.5, 0.6) is 5.75 Å². The van der Waals surface area contributed by atoms with Gasteiger partial charge in [-0.25, -0.2) is 0 Å². The Balaban J connectivity index is 2.28. The number of nitro groups is 1. The van der Waals surface area contributed by atoms with Gasteiger partial charge in [-0.1, -0.05) is 23.2 Å². The first-order valence-electron chi connectivity index (χ1n) is 5.51. The second kappa shape index (κ2) is 6.30. The molecule has 1 aromatic heterocycles. The zero-order valence-electron chi connectivity index (χ0n) is 10.6. The van der Waals surface area contributed by atoms with Crippen molar-refractivity contribution in [3.05, 3.63) is 48.6 Å². The predicted octanol–water partition coefficient (Wildman–Crippen LogP) is 4.22. The molecule has 0 aliphatic rings. The molecule has 110 valence electrons. The fraction of sp³-hybridized carbons (Fsp3) is 0.0833. The van der Waals surface area contributed by atoms with E-state index in [9.17, 15) is 14.9 Å². The lowest BCUT2D eigenvalue weighted by atomic mass is 10.3. The van der Waals surface area contributed by atoms with Crippen LogP contribution in [0.3, 0.4) is 0 Å². The summed E-state index contributed by atoms with van der Waals surface area (Å²) in [5.74, 6) is -0.111. The number of nitrogens with one attached hydrogen (secondary N) is 1. The van der Waals surface area contributed by atoms with Gasteiger partial charge >= 0.3 is 0 Å². The van der Waals surface area contributed by atoms with E-state index in [-0.39, 0.29) is 14.9 Å². The molecule has 2 rings (SSSR count). The minimum absolute atomic E-state index is 0.0526. The summed E-state index contributed by atoms with van der Waals surface area (Å²) in [6.45, 7) is 0. The monoisotopic (exact) mass is 346 g/mol. The minimum atomic E-state index is -0.643. The molecular formula is C12H8Cl2N2O4S. The van der Waals surface area contributed by atoms with E-state index < -0.39 is 10.8 Å². The van der Waals surface area contributed by atoms with Crippen molar-refractivity contribution in [1.29, 1.82) is 0 Å².